The standard InChI is InChI=1S/C6H8F2O2/c1-2-3-4-6(7,8)5(9)10/h2H,1,3-4H2,(H,9,10). The molecule has 0 unspecified atom stereocenters. The summed E-state index contributed by atoms with van der Waals surface area (Å²) in [5.41, 5.74) is 0. The highest BCUT2D eigenvalue weighted by atomic mass is 19.3. The second kappa shape index (κ2) is 3.29. The van der Waals surface area contributed by atoms with Crippen LogP contribution in [0, 0.1) is 0 Å². The van der Waals surface area contributed by atoms with Gasteiger partial charge in [0.05, 0.1) is 0 Å². The number of allylic oxidation sites excluding steroid dienone is 1. The molecule has 0 aromatic carbocycles. The van der Waals surface area contributed by atoms with Crippen LogP contribution >= 0.6 is 0 Å². The normalized spacial score (nSPS) is 11.0. The van der Waals surface area contributed by atoms with Crippen molar-refractivity contribution in [2.45, 2.75) is 18.8 Å². The molecule has 4 heteroatoms. The first-order valence-corrected chi connectivity index (χ1v) is 2.73. The van der Waals surface area contributed by atoms with Gasteiger partial charge in [-0.05, 0) is 6.42 Å². The molecular weight excluding hydrogens is 142 g/mol. The zero-order valence-electron chi connectivity index (χ0n) is 5.31. The van der Waals surface area contributed by atoms with Crippen LogP contribution in [0.15, 0.2) is 12.7 Å². The molecule has 0 bridgehead atoms. The third-order valence-electron chi connectivity index (χ3n) is 0.975. The third-order valence-corrected chi connectivity index (χ3v) is 0.975. The van der Waals surface area contributed by atoms with Gasteiger partial charge in [-0.2, -0.15) is 8.78 Å². The Bertz CT molecular complexity index is 143. The van der Waals surface area contributed by atoms with Crippen LogP contribution in [-0.2, 0) is 4.79 Å². The Hall–Kier alpha value is -0.930. The van der Waals surface area contributed by atoms with Gasteiger partial charge < -0.3 is 5.11 Å². The van der Waals surface area contributed by atoms with Gasteiger partial charge in [-0.1, -0.05) is 6.08 Å². The molecule has 0 rings (SSSR count). The van der Waals surface area contributed by atoms with Crippen molar-refractivity contribution >= 4 is 5.97 Å². The first-order chi connectivity index (χ1) is 4.50. The van der Waals surface area contributed by atoms with Crippen LogP contribution in [0.3, 0.4) is 0 Å². The Kier molecular flexibility index (Phi) is 2.99. The number of carbonyl (C=O) groups is 1. The fraction of sp³-hybridized carbons (Fsp3) is 0.500. The summed E-state index contributed by atoms with van der Waals surface area (Å²) in [5, 5.41) is 7.88. The number of carboxylic acids is 1. The van der Waals surface area contributed by atoms with Gasteiger partial charge in [0.25, 0.3) is 0 Å². The minimum absolute atomic E-state index is 0.0132. The lowest BCUT2D eigenvalue weighted by Crippen LogP contribution is -2.27. The maximum Gasteiger partial charge on any atom is 0.374 e. The van der Waals surface area contributed by atoms with E-state index in [9.17, 15) is 13.6 Å². The van der Waals surface area contributed by atoms with E-state index in [2.05, 4.69) is 6.58 Å². The first-order valence-electron chi connectivity index (χ1n) is 2.73. The Labute approximate surface area is 57.2 Å². The second-order valence-electron chi connectivity index (χ2n) is 1.84. The number of rotatable bonds is 4. The molecular formula is C6H8F2O2. The van der Waals surface area contributed by atoms with E-state index in [1.54, 1.807) is 0 Å². The average molecular weight is 150 g/mol. The van der Waals surface area contributed by atoms with Gasteiger partial charge in [0, 0.05) is 6.42 Å². The van der Waals surface area contributed by atoms with E-state index in [0.717, 1.165) is 0 Å². The lowest BCUT2D eigenvalue weighted by atomic mass is 10.2. The van der Waals surface area contributed by atoms with Gasteiger partial charge in [0.2, 0.25) is 0 Å². The maximum absolute atomic E-state index is 12.1. The van der Waals surface area contributed by atoms with Gasteiger partial charge in [0.15, 0.2) is 0 Å². The van der Waals surface area contributed by atoms with Crippen molar-refractivity contribution in [1.29, 1.82) is 0 Å². The molecule has 0 saturated heterocycles. The minimum atomic E-state index is -3.60. The molecule has 10 heavy (non-hydrogen) atoms. The highest BCUT2D eigenvalue weighted by molar-refractivity contribution is 5.75. The first kappa shape index (κ1) is 9.07. The molecule has 0 aromatic heterocycles. The Morgan fingerprint density at radius 1 is 1.70 bits per heavy atom. The molecule has 0 radical (unpaired) electrons. The second-order valence-corrected chi connectivity index (χ2v) is 1.84. The predicted molar refractivity (Wildman–Crippen MR) is 32.0 cm³/mol. The van der Waals surface area contributed by atoms with Crippen LogP contribution in [-0.4, -0.2) is 17.0 Å². The fourth-order valence-corrected chi connectivity index (χ4v) is 0.390. The van der Waals surface area contributed by atoms with E-state index in [-0.39, 0.29) is 6.42 Å². The molecule has 0 aliphatic heterocycles. The molecule has 0 aromatic rings. The lowest BCUT2D eigenvalue weighted by Gasteiger charge is -2.07. The highest BCUT2D eigenvalue weighted by Crippen LogP contribution is 2.20. The van der Waals surface area contributed by atoms with E-state index in [1.807, 2.05) is 0 Å². The number of alkyl halides is 2. The van der Waals surface area contributed by atoms with Crippen molar-refractivity contribution in [2.75, 3.05) is 0 Å². The minimum Gasteiger partial charge on any atom is -0.477 e. The van der Waals surface area contributed by atoms with E-state index in [0.29, 0.717) is 0 Å². The fourth-order valence-electron chi connectivity index (χ4n) is 0.390. The van der Waals surface area contributed by atoms with Crippen LogP contribution in [0.25, 0.3) is 0 Å². The molecule has 0 fully saturated rings. The van der Waals surface area contributed by atoms with Crippen molar-refractivity contribution in [3.05, 3.63) is 12.7 Å². The van der Waals surface area contributed by atoms with Crippen LogP contribution in [0.5, 0.6) is 0 Å². The largest absolute Gasteiger partial charge is 0.477 e. The van der Waals surface area contributed by atoms with Crippen LogP contribution in [0.4, 0.5) is 8.78 Å². The Morgan fingerprint density at radius 3 is 2.50 bits per heavy atom. The summed E-state index contributed by atoms with van der Waals surface area (Å²) in [5.74, 6) is -5.68. The number of halogens is 2. The van der Waals surface area contributed by atoms with Gasteiger partial charge in [-0.25, -0.2) is 4.79 Å². The maximum atomic E-state index is 12.1. The molecule has 0 amide bonds. The molecule has 0 aliphatic rings. The van der Waals surface area contributed by atoms with Crippen molar-refractivity contribution in [3.8, 4) is 0 Å². The molecule has 58 valence electrons. The number of hydrogen-bond donors (Lipinski definition) is 1. The summed E-state index contributed by atoms with van der Waals surface area (Å²) in [7, 11) is 0. The Morgan fingerprint density at radius 2 is 2.20 bits per heavy atom. The number of hydrogen-bond acceptors (Lipinski definition) is 1. The van der Waals surface area contributed by atoms with Gasteiger partial charge in [-0.3, -0.25) is 0 Å². The van der Waals surface area contributed by atoms with Crippen molar-refractivity contribution < 1.29 is 18.7 Å². The molecule has 0 saturated carbocycles. The molecule has 0 aliphatic carbocycles. The van der Waals surface area contributed by atoms with Crippen molar-refractivity contribution in [1.82, 2.24) is 0 Å². The summed E-state index contributed by atoms with van der Waals surface area (Å²) >= 11 is 0. The monoisotopic (exact) mass is 150 g/mol. The third kappa shape index (κ3) is 2.57. The molecule has 0 atom stereocenters. The van der Waals surface area contributed by atoms with Gasteiger partial charge >= 0.3 is 11.9 Å². The SMILES string of the molecule is C=CCCC(F)(F)C(=O)O. The van der Waals surface area contributed by atoms with Crippen LogP contribution in [0.2, 0.25) is 0 Å². The predicted octanol–water partition coefficient (Wildman–Crippen LogP) is 1.67. The summed E-state index contributed by atoms with van der Waals surface area (Å²) in [4.78, 5) is 9.74. The molecule has 1 N–H and O–H groups in total. The van der Waals surface area contributed by atoms with Crippen molar-refractivity contribution in [3.63, 3.8) is 0 Å². The summed E-state index contributed by atoms with van der Waals surface area (Å²) in [6.45, 7) is 3.20. The van der Waals surface area contributed by atoms with Crippen molar-refractivity contribution in [2.24, 2.45) is 0 Å². The smallest absolute Gasteiger partial charge is 0.374 e. The summed E-state index contributed by atoms with van der Waals surface area (Å²) in [6, 6.07) is 0. The number of aliphatic carboxylic acids is 1. The number of carboxylic acid groups (broad SMARTS) is 1. The van der Waals surface area contributed by atoms with Gasteiger partial charge in [0.1, 0.15) is 0 Å². The topological polar surface area (TPSA) is 37.3 Å². The average Bonchev–Trinajstić information content (AvgIpc) is 1.84. The molecule has 0 spiro atoms. The zero-order chi connectivity index (χ0) is 8.20. The van der Waals surface area contributed by atoms with E-state index in [4.69, 9.17) is 5.11 Å². The lowest BCUT2D eigenvalue weighted by molar-refractivity contribution is -0.165. The van der Waals surface area contributed by atoms with Crippen LogP contribution < -0.4 is 0 Å². The van der Waals surface area contributed by atoms with Gasteiger partial charge in [-0.15, -0.1) is 6.58 Å². The quantitative estimate of drug-likeness (QED) is 0.619. The zero-order valence-corrected chi connectivity index (χ0v) is 5.31. The molecule has 2 nitrogen and oxygen atoms in total. The van der Waals surface area contributed by atoms with E-state index < -0.39 is 18.3 Å². The highest BCUT2D eigenvalue weighted by Gasteiger charge is 2.37. The van der Waals surface area contributed by atoms with E-state index >= 15 is 0 Å². The summed E-state index contributed by atoms with van der Waals surface area (Å²) in [6.07, 6.45) is 0.599. The van der Waals surface area contributed by atoms with Crippen LogP contribution in [0.1, 0.15) is 12.8 Å². The van der Waals surface area contributed by atoms with E-state index in [1.165, 1.54) is 6.08 Å². The Balaban J connectivity index is 3.86. The summed E-state index contributed by atoms with van der Waals surface area (Å²) < 4.78 is 24.2. The molecule has 0 heterocycles.